The number of benzene rings is 3. The summed E-state index contributed by atoms with van der Waals surface area (Å²) in [5.41, 5.74) is 5.73. The minimum atomic E-state index is -0.214. The molecule has 1 heterocycles. The summed E-state index contributed by atoms with van der Waals surface area (Å²) < 4.78 is 5.60. The number of rotatable bonds is 6. The van der Waals surface area contributed by atoms with Crippen LogP contribution in [-0.2, 0) is 24.4 Å². The van der Waals surface area contributed by atoms with Crippen molar-refractivity contribution in [1.29, 1.82) is 0 Å². The van der Waals surface area contributed by atoms with Crippen LogP contribution in [0.25, 0.3) is 11.1 Å². The summed E-state index contributed by atoms with van der Waals surface area (Å²) in [5, 5.41) is 15.0. The molecule has 1 aliphatic carbocycles. The van der Waals surface area contributed by atoms with Crippen LogP contribution in [0.1, 0.15) is 17.0 Å². The number of aromatic nitrogens is 4. The van der Waals surface area contributed by atoms with Crippen LogP contribution < -0.4 is 10.1 Å². The molecule has 0 fully saturated rings. The monoisotopic (exact) mass is 397 g/mol. The Labute approximate surface area is 173 Å². The summed E-state index contributed by atoms with van der Waals surface area (Å²) in [7, 11) is 0. The van der Waals surface area contributed by atoms with Crippen LogP contribution in [0.15, 0.2) is 72.8 Å². The van der Waals surface area contributed by atoms with Crippen LogP contribution in [0.2, 0.25) is 0 Å². The van der Waals surface area contributed by atoms with Crippen molar-refractivity contribution in [2.75, 3.05) is 5.32 Å². The largest absolute Gasteiger partial charge is 0.485 e. The van der Waals surface area contributed by atoms with Crippen LogP contribution in [0.5, 0.6) is 5.75 Å². The second-order valence-corrected chi connectivity index (χ2v) is 7.09. The van der Waals surface area contributed by atoms with Gasteiger partial charge in [-0.2, -0.15) is 4.80 Å². The van der Waals surface area contributed by atoms with Gasteiger partial charge in [-0.05, 0) is 58.2 Å². The summed E-state index contributed by atoms with van der Waals surface area (Å²) in [6, 6.07) is 23.8. The highest BCUT2D eigenvalue weighted by molar-refractivity contribution is 5.92. The molecule has 1 amide bonds. The van der Waals surface area contributed by atoms with Crippen molar-refractivity contribution in [3.05, 3.63) is 89.7 Å². The van der Waals surface area contributed by atoms with E-state index in [2.05, 4.69) is 45.0 Å². The lowest BCUT2D eigenvalue weighted by molar-refractivity contribution is -0.117. The number of nitrogens with zero attached hydrogens (tertiary/aromatic N) is 4. The topological polar surface area (TPSA) is 81.9 Å². The maximum Gasteiger partial charge on any atom is 0.248 e. The molecule has 3 aromatic carbocycles. The minimum Gasteiger partial charge on any atom is -0.485 e. The first-order valence-electron chi connectivity index (χ1n) is 9.70. The third kappa shape index (κ3) is 3.77. The molecule has 0 radical (unpaired) electrons. The van der Waals surface area contributed by atoms with Crippen molar-refractivity contribution in [3.8, 4) is 16.9 Å². The fraction of sp³-hybridized carbons (Fsp3) is 0.130. The highest BCUT2D eigenvalue weighted by Gasteiger charge is 2.18. The van der Waals surface area contributed by atoms with E-state index in [1.165, 1.54) is 27.1 Å². The average Bonchev–Trinajstić information content (AvgIpc) is 3.37. The van der Waals surface area contributed by atoms with Crippen molar-refractivity contribution in [2.24, 2.45) is 0 Å². The second kappa shape index (κ2) is 7.79. The Balaban J connectivity index is 1.21. The third-order valence-corrected chi connectivity index (χ3v) is 4.97. The Morgan fingerprint density at radius 2 is 1.77 bits per heavy atom. The van der Waals surface area contributed by atoms with Gasteiger partial charge < -0.3 is 10.1 Å². The Bertz CT molecular complexity index is 1200. The number of amides is 1. The zero-order valence-corrected chi connectivity index (χ0v) is 16.2. The molecular formula is C23H19N5O2. The van der Waals surface area contributed by atoms with Gasteiger partial charge in [0, 0.05) is 5.69 Å². The number of carbonyl (C=O) groups is 1. The van der Waals surface area contributed by atoms with Crippen LogP contribution in [0.4, 0.5) is 5.69 Å². The standard InChI is InChI=1S/C23H19N5O2/c29-23(14-28-26-22(25-27-28)15-30-19-7-2-1-3-8-19)24-18-11-10-17-12-16-6-4-5-9-20(16)21(17)13-18/h1-11,13H,12,14-15H2,(H,24,29). The van der Waals surface area contributed by atoms with Gasteiger partial charge in [0.25, 0.3) is 0 Å². The molecule has 5 rings (SSSR count). The number of hydrogen-bond donors (Lipinski definition) is 1. The van der Waals surface area contributed by atoms with Crippen LogP contribution in [-0.4, -0.2) is 26.1 Å². The lowest BCUT2D eigenvalue weighted by atomic mass is 10.1. The molecule has 148 valence electrons. The van der Waals surface area contributed by atoms with Gasteiger partial charge in [0.2, 0.25) is 11.7 Å². The molecule has 0 atom stereocenters. The van der Waals surface area contributed by atoms with Crippen molar-refractivity contribution >= 4 is 11.6 Å². The maximum atomic E-state index is 12.4. The Morgan fingerprint density at radius 1 is 0.967 bits per heavy atom. The smallest absolute Gasteiger partial charge is 0.248 e. The van der Waals surface area contributed by atoms with E-state index in [-0.39, 0.29) is 19.1 Å². The first-order chi connectivity index (χ1) is 14.7. The first kappa shape index (κ1) is 18.1. The van der Waals surface area contributed by atoms with E-state index >= 15 is 0 Å². The molecule has 1 aliphatic rings. The molecule has 0 saturated carbocycles. The fourth-order valence-corrected chi connectivity index (χ4v) is 3.60. The summed E-state index contributed by atoms with van der Waals surface area (Å²) in [6.07, 6.45) is 0.927. The van der Waals surface area contributed by atoms with Gasteiger partial charge in [-0.25, -0.2) is 0 Å². The molecule has 4 aromatic rings. The predicted molar refractivity (Wildman–Crippen MR) is 112 cm³/mol. The molecule has 0 bridgehead atoms. The highest BCUT2D eigenvalue weighted by Crippen LogP contribution is 2.37. The summed E-state index contributed by atoms with van der Waals surface area (Å²) >= 11 is 0. The zero-order chi connectivity index (χ0) is 20.3. The summed E-state index contributed by atoms with van der Waals surface area (Å²) in [4.78, 5) is 13.7. The van der Waals surface area contributed by atoms with E-state index < -0.39 is 0 Å². The molecule has 0 aliphatic heterocycles. The Kier molecular flexibility index (Phi) is 4.69. The average molecular weight is 397 g/mol. The number of para-hydroxylation sites is 1. The van der Waals surface area contributed by atoms with Gasteiger partial charge in [0.1, 0.15) is 12.3 Å². The molecule has 0 unspecified atom stereocenters. The second-order valence-electron chi connectivity index (χ2n) is 7.09. The molecule has 1 N–H and O–H groups in total. The lowest BCUT2D eigenvalue weighted by Crippen LogP contribution is -2.20. The van der Waals surface area contributed by atoms with Crippen LogP contribution >= 0.6 is 0 Å². The molecular weight excluding hydrogens is 378 g/mol. The number of nitrogens with one attached hydrogen (secondary N) is 1. The van der Waals surface area contributed by atoms with Crippen molar-refractivity contribution in [2.45, 2.75) is 19.6 Å². The summed E-state index contributed by atoms with van der Waals surface area (Å²) in [6.45, 7) is 0.169. The molecule has 0 saturated heterocycles. The van der Waals surface area contributed by atoms with Crippen LogP contribution in [0, 0.1) is 0 Å². The van der Waals surface area contributed by atoms with E-state index in [0.29, 0.717) is 5.82 Å². The van der Waals surface area contributed by atoms with E-state index in [0.717, 1.165) is 17.9 Å². The van der Waals surface area contributed by atoms with Gasteiger partial charge in [-0.3, -0.25) is 4.79 Å². The number of tetrazole rings is 1. The molecule has 7 nitrogen and oxygen atoms in total. The lowest BCUT2D eigenvalue weighted by Gasteiger charge is -2.07. The van der Waals surface area contributed by atoms with E-state index in [9.17, 15) is 4.79 Å². The van der Waals surface area contributed by atoms with Gasteiger partial charge in [-0.1, -0.05) is 48.5 Å². The molecule has 30 heavy (non-hydrogen) atoms. The number of carbonyl (C=O) groups excluding carboxylic acids is 1. The Hall–Kier alpha value is -4.00. The predicted octanol–water partition coefficient (Wildman–Crippen LogP) is 3.46. The highest BCUT2D eigenvalue weighted by atomic mass is 16.5. The van der Waals surface area contributed by atoms with E-state index in [4.69, 9.17) is 4.74 Å². The van der Waals surface area contributed by atoms with E-state index in [1.54, 1.807) is 0 Å². The fourth-order valence-electron chi connectivity index (χ4n) is 3.60. The van der Waals surface area contributed by atoms with Gasteiger partial charge in [0.15, 0.2) is 6.61 Å². The third-order valence-electron chi connectivity index (χ3n) is 4.97. The van der Waals surface area contributed by atoms with E-state index in [1.807, 2.05) is 48.5 Å². The minimum absolute atomic E-state index is 0.0218. The molecule has 0 spiro atoms. The summed E-state index contributed by atoms with van der Waals surface area (Å²) in [5.74, 6) is 0.930. The van der Waals surface area contributed by atoms with Gasteiger partial charge in [0.05, 0.1) is 0 Å². The van der Waals surface area contributed by atoms with Crippen LogP contribution in [0.3, 0.4) is 0 Å². The van der Waals surface area contributed by atoms with Crippen molar-refractivity contribution in [3.63, 3.8) is 0 Å². The number of fused-ring (bicyclic) bond motifs is 3. The first-order valence-corrected chi connectivity index (χ1v) is 9.70. The van der Waals surface area contributed by atoms with Gasteiger partial charge >= 0.3 is 0 Å². The molecule has 1 aromatic heterocycles. The number of hydrogen-bond acceptors (Lipinski definition) is 5. The number of ether oxygens (including phenoxy) is 1. The zero-order valence-electron chi connectivity index (χ0n) is 16.2. The van der Waals surface area contributed by atoms with Crippen molar-refractivity contribution < 1.29 is 9.53 Å². The SMILES string of the molecule is O=C(Cn1nnc(COc2ccccc2)n1)Nc1ccc2c(c1)-c1ccccc1C2. The molecule has 7 heteroatoms. The maximum absolute atomic E-state index is 12.4. The van der Waals surface area contributed by atoms with Crippen molar-refractivity contribution in [1.82, 2.24) is 20.2 Å². The van der Waals surface area contributed by atoms with Gasteiger partial charge in [-0.15, -0.1) is 10.2 Å². The normalized spacial score (nSPS) is 11.6. The quantitative estimate of drug-likeness (QED) is 0.474. The Morgan fingerprint density at radius 3 is 2.67 bits per heavy atom. The number of anilines is 1.